The minimum absolute atomic E-state index is 0.392. The quantitative estimate of drug-likeness (QED) is 0.587. The smallest absolute Gasteiger partial charge is 0.132 e. The fraction of sp³-hybridized carbons (Fsp3) is 0.909. The van der Waals surface area contributed by atoms with Gasteiger partial charge in [0, 0.05) is 5.92 Å². The van der Waals surface area contributed by atoms with Crippen molar-refractivity contribution in [2.24, 2.45) is 5.92 Å². The van der Waals surface area contributed by atoms with E-state index in [9.17, 15) is 4.79 Å². The van der Waals surface area contributed by atoms with Crippen molar-refractivity contribution in [2.45, 2.75) is 58.3 Å². The second-order valence-corrected chi connectivity index (χ2v) is 4.01. The molecule has 0 spiro atoms. The second-order valence-electron chi connectivity index (χ2n) is 4.01. The highest BCUT2D eigenvalue weighted by Crippen LogP contribution is 2.22. The van der Waals surface area contributed by atoms with E-state index in [1.54, 1.807) is 6.92 Å². The first-order chi connectivity index (χ1) is 5.80. The molecular formula is C11H20O. The summed E-state index contributed by atoms with van der Waals surface area (Å²) >= 11 is 0. The van der Waals surface area contributed by atoms with Crippen molar-refractivity contribution in [3.63, 3.8) is 0 Å². The normalized spacial score (nSPS) is 22.4. The Balaban J connectivity index is 2.33. The summed E-state index contributed by atoms with van der Waals surface area (Å²) < 4.78 is 0. The summed E-state index contributed by atoms with van der Waals surface area (Å²) in [6, 6.07) is 0. The van der Waals surface area contributed by atoms with Crippen LogP contribution >= 0.6 is 0 Å². The molecule has 1 nitrogen and oxygen atoms in total. The zero-order chi connectivity index (χ0) is 8.81. The Hall–Kier alpha value is -0.330. The van der Waals surface area contributed by atoms with E-state index in [4.69, 9.17) is 0 Å². The predicted octanol–water partition coefficient (Wildman–Crippen LogP) is 3.33. The summed E-state index contributed by atoms with van der Waals surface area (Å²) in [5, 5.41) is 0. The van der Waals surface area contributed by atoms with Crippen LogP contribution in [0.25, 0.3) is 0 Å². The van der Waals surface area contributed by atoms with E-state index >= 15 is 0 Å². The number of rotatable bonds is 1. The minimum Gasteiger partial charge on any atom is -0.300 e. The first-order valence-electron chi connectivity index (χ1n) is 5.31. The number of carbonyl (C=O) groups excluding carboxylic acids is 1. The van der Waals surface area contributed by atoms with Gasteiger partial charge in [0.1, 0.15) is 5.78 Å². The molecular weight excluding hydrogens is 148 g/mol. The van der Waals surface area contributed by atoms with Crippen LogP contribution < -0.4 is 0 Å². The third kappa shape index (κ3) is 3.38. The molecule has 0 aromatic rings. The van der Waals surface area contributed by atoms with Crippen LogP contribution in [0, 0.1) is 5.92 Å². The standard InChI is InChI=1S/C11H20O/c1-10(12)11-8-6-4-2-3-5-7-9-11/h11H,2-9H2,1H3. The molecule has 1 heteroatoms. The summed E-state index contributed by atoms with van der Waals surface area (Å²) in [4.78, 5) is 11.2. The molecule has 0 bridgehead atoms. The third-order valence-electron chi connectivity index (χ3n) is 2.93. The molecule has 0 heterocycles. The van der Waals surface area contributed by atoms with Crippen molar-refractivity contribution >= 4 is 5.78 Å². The van der Waals surface area contributed by atoms with Crippen molar-refractivity contribution < 1.29 is 4.79 Å². The van der Waals surface area contributed by atoms with E-state index in [0.29, 0.717) is 11.7 Å². The molecule has 0 aromatic carbocycles. The SMILES string of the molecule is CC(=O)C1CCCCCCCC1. The highest BCUT2D eigenvalue weighted by Gasteiger charge is 2.14. The fourth-order valence-electron chi connectivity index (χ4n) is 2.04. The molecule has 1 aliphatic carbocycles. The van der Waals surface area contributed by atoms with Gasteiger partial charge in [0.15, 0.2) is 0 Å². The average Bonchev–Trinajstić information content (AvgIpc) is 2.15. The van der Waals surface area contributed by atoms with Crippen LogP contribution in [-0.2, 0) is 4.79 Å². The molecule has 0 aliphatic heterocycles. The van der Waals surface area contributed by atoms with Crippen LogP contribution in [0.3, 0.4) is 0 Å². The van der Waals surface area contributed by atoms with Crippen LogP contribution in [0.1, 0.15) is 58.3 Å². The third-order valence-corrected chi connectivity index (χ3v) is 2.93. The highest BCUT2D eigenvalue weighted by atomic mass is 16.1. The van der Waals surface area contributed by atoms with Crippen molar-refractivity contribution in [1.82, 2.24) is 0 Å². The van der Waals surface area contributed by atoms with Crippen molar-refractivity contribution in [3.05, 3.63) is 0 Å². The molecule has 0 aromatic heterocycles. The second kappa shape index (κ2) is 5.34. The van der Waals surface area contributed by atoms with E-state index in [0.717, 1.165) is 12.8 Å². The first-order valence-corrected chi connectivity index (χ1v) is 5.31. The molecule has 1 saturated carbocycles. The van der Waals surface area contributed by atoms with Gasteiger partial charge in [-0.1, -0.05) is 38.5 Å². The van der Waals surface area contributed by atoms with Crippen molar-refractivity contribution in [2.75, 3.05) is 0 Å². The molecule has 12 heavy (non-hydrogen) atoms. The Morgan fingerprint density at radius 1 is 0.917 bits per heavy atom. The number of ketones is 1. The molecule has 0 N–H and O–H groups in total. The van der Waals surface area contributed by atoms with Gasteiger partial charge >= 0.3 is 0 Å². The number of hydrogen-bond acceptors (Lipinski definition) is 1. The molecule has 0 amide bonds. The number of carbonyl (C=O) groups is 1. The maximum absolute atomic E-state index is 11.2. The zero-order valence-corrected chi connectivity index (χ0v) is 8.14. The van der Waals surface area contributed by atoms with Gasteiger partial charge in [0.25, 0.3) is 0 Å². The Morgan fingerprint density at radius 3 is 1.75 bits per heavy atom. The minimum atomic E-state index is 0.392. The molecule has 0 radical (unpaired) electrons. The van der Waals surface area contributed by atoms with Gasteiger partial charge in [-0.15, -0.1) is 0 Å². The van der Waals surface area contributed by atoms with Gasteiger partial charge in [0.05, 0.1) is 0 Å². The number of hydrogen-bond donors (Lipinski definition) is 0. The van der Waals surface area contributed by atoms with Crippen LogP contribution in [0.4, 0.5) is 0 Å². The Kier molecular flexibility index (Phi) is 4.34. The van der Waals surface area contributed by atoms with Crippen molar-refractivity contribution in [3.8, 4) is 0 Å². The largest absolute Gasteiger partial charge is 0.300 e. The first kappa shape index (κ1) is 9.76. The average molecular weight is 168 g/mol. The molecule has 70 valence electrons. The molecule has 0 unspecified atom stereocenters. The van der Waals surface area contributed by atoms with Gasteiger partial charge in [0.2, 0.25) is 0 Å². The summed E-state index contributed by atoms with van der Waals surface area (Å²) in [6.45, 7) is 1.75. The molecule has 0 saturated heterocycles. The lowest BCUT2D eigenvalue weighted by molar-refractivity contribution is -0.121. The van der Waals surface area contributed by atoms with Gasteiger partial charge in [-0.05, 0) is 19.8 Å². The van der Waals surface area contributed by atoms with E-state index < -0.39 is 0 Å². The number of Topliss-reactive ketones (excluding diaryl/α,β-unsaturated/α-hetero) is 1. The molecule has 1 fully saturated rings. The Morgan fingerprint density at radius 2 is 1.33 bits per heavy atom. The lowest BCUT2D eigenvalue weighted by Crippen LogP contribution is -2.10. The summed E-state index contributed by atoms with van der Waals surface area (Å²) in [5.74, 6) is 0.806. The predicted molar refractivity (Wildman–Crippen MR) is 51.1 cm³/mol. The zero-order valence-electron chi connectivity index (χ0n) is 8.14. The summed E-state index contributed by atoms with van der Waals surface area (Å²) in [6.07, 6.45) is 10.3. The van der Waals surface area contributed by atoms with E-state index in [2.05, 4.69) is 0 Å². The van der Waals surface area contributed by atoms with E-state index in [1.807, 2.05) is 0 Å². The summed E-state index contributed by atoms with van der Waals surface area (Å²) in [7, 11) is 0. The maximum Gasteiger partial charge on any atom is 0.132 e. The molecule has 1 rings (SSSR count). The van der Waals surface area contributed by atoms with Gasteiger partial charge < -0.3 is 0 Å². The monoisotopic (exact) mass is 168 g/mol. The maximum atomic E-state index is 11.2. The van der Waals surface area contributed by atoms with E-state index in [1.165, 1.54) is 38.5 Å². The Labute approximate surface area is 75.5 Å². The fourth-order valence-corrected chi connectivity index (χ4v) is 2.04. The van der Waals surface area contributed by atoms with Crippen LogP contribution in [-0.4, -0.2) is 5.78 Å². The van der Waals surface area contributed by atoms with Crippen LogP contribution in [0.5, 0.6) is 0 Å². The van der Waals surface area contributed by atoms with E-state index in [-0.39, 0.29) is 0 Å². The van der Waals surface area contributed by atoms with Gasteiger partial charge in [-0.3, -0.25) is 4.79 Å². The lowest BCUT2D eigenvalue weighted by Gasteiger charge is -2.10. The van der Waals surface area contributed by atoms with Gasteiger partial charge in [-0.2, -0.15) is 0 Å². The van der Waals surface area contributed by atoms with Crippen molar-refractivity contribution in [1.29, 1.82) is 0 Å². The van der Waals surface area contributed by atoms with Gasteiger partial charge in [-0.25, -0.2) is 0 Å². The molecule has 1 aliphatic rings. The topological polar surface area (TPSA) is 17.1 Å². The lowest BCUT2D eigenvalue weighted by atomic mass is 9.94. The Bertz CT molecular complexity index is 130. The summed E-state index contributed by atoms with van der Waals surface area (Å²) in [5.41, 5.74) is 0. The van der Waals surface area contributed by atoms with Crippen LogP contribution in [0.15, 0.2) is 0 Å². The highest BCUT2D eigenvalue weighted by molar-refractivity contribution is 5.78. The molecule has 0 atom stereocenters. The van der Waals surface area contributed by atoms with Crippen LogP contribution in [0.2, 0.25) is 0 Å².